The van der Waals surface area contributed by atoms with E-state index >= 15 is 0 Å². The van der Waals surface area contributed by atoms with Gasteiger partial charge in [-0.25, -0.2) is 0 Å². The van der Waals surface area contributed by atoms with Crippen LogP contribution in [-0.2, 0) is 19.0 Å². The molecule has 12 atom stereocenters. The van der Waals surface area contributed by atoms with Gasteiger partial charge < -0.3 is 24.4 Å². The van der Waals surface area contributed by atoms with Crippen LogP contribution in [0.1, 0.15) is 79.1 Å². The number of carbonyl (C=O) groups is 1. The molecule has 4 fully saturated rings. The molecule has 1 saturated heterocycles. The van der Waals surface area contributed by atoms with Crippen molar-refractivity contribution in [1.29, 1.82) is 0 Å². The van der Waals surface area contributed by atoms with Gasteiger partial charge in [0.1, 0.15) is 12.2 Å². The van der Waals surface area contributed by atoms with Crippen LogP contribution in [-0.4, -0.2) is 53.0 Å². The molecule has 3 saturated carbocycles. The second kappa shape index (κ2) is 9.27. The molecule has 6 nitrogen and oxygen atoms in total. The van der Waals surface area contributed by atoms with Crippen molar-refractivity contribution in [3.05, 3.63) is 24.3 Å². The summed E-state index contributed by atoms with van der Waals surface area (Å²) >= 11 is 0. The molecular formula is C29H44O6. The van der Waals surface area contributed by atoms with Gasteiger partial charge >= 0.3 is 5.97 Å². The highest BCUT2D eigenvalue weighted by Gasteiger charge is 2.58. The van der Waals surface area contributed by atoms with Crippen LogP contribution >= 0.6 is 0 Å². The van der Waals surface area contributed by atoms with Crippen molar-refractivity contribution in [2.24, 2.45) is 34.5 Å². The molecule has 0 aromatic carbocycles. The molecule has 35 heavy (non-hydrogen) atoms. The molecule has 1 heterocycles. The molecule has 0 bridgehead atoms. The second-order valence-electron chi connectivity index (χ2n) is 12.5. The van der Waals surface area contributed by atoms with Gasteiger partial charge in [0, 0.05) is 6.92 Å². The third-order valence-electron chi connectivity index (χ3n) is 10.8. The summed E-state index contributed by atoms with van der Waals surface area (Å²) < 4.78 is 17.3. The smallest absolute Gasteiger partial charge is 0.303 e. The Bertz CT molecular complexity index is 869. The topological polar surface area (TPSA) is 85.2 Å². The molecule has 5 aliphatic rings. The van der Waals surface area contributed by atoms with Gasteiger partial charge in [-0.3, -0.25) is 4.79 Å². The Hall–Kier alpha value is -1.21. The average Bonchev–Trinajstić information content (AvgIpc) is 3.16. The van der Waals surface area contributed by atoms with Crippen LogP contribution in [0.3, 0.4) is 0 Å². The molecule has 3 unspecified atom stereocenters. The summed E-state index contributed by atoms with van der Waals surface area (Å²) in [5.74, 6) is 2.45. The Kier molecular flexibility index (Phi) is 6.74. The number of allylic oxidation sites excluding steroid dienone is 2. The zero-order valence-corrected chi connectivity index (χ0v) is 21.8. The van der Waals surface area contributed by atoms with Crippen LogP contribution in [0, 0.1) is 34.5 Å². The Labute approximate surface area is 210 Å². The van der Waals surface area contributed by atoms with E-state index in [1.54, 1.807) is 6.92 Å². The number of aliphatic hydroxyl groups is 2. The highest BCUT2D eigenvalue weighted by Crippen LogP contribution is 2.66. The molecule has 196 valence electrons. The minimum atomic E-state index is -1.26. The predicted molar refractivity (Wildman–Crippen MR) is 132 cm³/mol. The summed E-state index contributed by atoms with van der Waals surface area (Å²) in [4.78, 5) is 11.4. The quantitative estimate of drug-likeness (QED) is 0.447. The largest absolute Gasteiger partial charge is 0.457 e. The number of hydrogen-bond donors (Lipinski definition) is 2. The molecule has 6 heteroatoms. The number of rotatable bonds is 4. The maximum atomic E-state index is 11.4. The maximum absolute atomic E-state index is 11.4. The Morgan fingerprint density at radius 1 is 1.14 bits per heavy atom. The van der Waals surface area contributed by atoms with Crippen LogP contribution < -0.4 is 0 Å². The Morgan fingerprint density at radius 3 is 2.63 bits per heavy atom. The first-order valence-electron chi connectivity index (χ1n) is 13.7. The summed E-state index contributed by atoms with van der Waals surface area (Å²) in [7, 11) is 0. The van der Waals surface area contributed by atoms with Crippen LogP contribution in [0.15, 0.2) is 24.3 Å². The second-order valence-corrected chi connectivity index (χ2v) is 12.5. The molecular weight excluding hydrogens is 444 g/mol. The molecule has 1 aliphatic heterocycles. The highest BCUT2D eigenvalue weighted by molar-refractivity contribution is 5.66. The fourth-order valence-corrected chi connectivity index (χ4v) is 8.83. The van der Waals surface area contributed by atoms with Gasteiger partial charge in [0.2, 0.25) is 0 Å². The third kappa shape index (κ3) is 4.13. The normalized spacial score (nSPS) is 51.4. The third-order valence-corrected chi connectivity index (χ3v) is 10.8. The van der Waals surface area contributed by atoms with Crippen LogP contribution in [0.2, 0.25) is 0 Å². The lowest BCUT2D eigenvalue weighted by atomic mass is 9.47. The minimum Gasteiger partial charge on any atom is -0.457 e. The summed E-state index contributed by atoms with van der Waals surface area (Å²) in [5.41, 5.74) is 2.14. The number of hydrogen-bond acceptors (Lipinski definition) is 6. The zero-order chi connectivity index (χ0) is 25.1. The van der Waals surface area contributed by atoms with E-state index in [0.717, 1.165) is 43.4 Å². The fourth-order valence-electron chi connectivity index (χ4n) is 8.83. The summed E-state index contributed by atoms with van der Waals surface area (Å²) in [6.45, 7) is 12.2. The van der Waals surface area contributed by atoms with Crippen LogP contribution in [0.4, 0.5) is 0 Å². The van der Waals surface area contributed by atoms with Crippen LogP contribution in [0.25, 0.3) is 0 Å². The molecule has 2 N–H and O–H groups in total. The van der Waals surface area contributed by atoms with E-state index in [9.17, 15) is 15.0 Å². The molecule has 0 amide bonds. The Morgan fingerprint density at radius 2 is 1.91 bits per heavy atom. The average molecular weight is 489 g/mol. The lowest BCUT2D eigenvalue weighted by molar-refractivity contribution is -0.307. The van der Waals surface area contributed by atoms with Crippen molar-refractivity contribution < 1.29 is 29.2 Å². The maximum Gasteiger partial charge on any atom is 0.303 e. The van der Waals surface area contributed by atoms with Crippen molar-refractivity contribution >= 4 is 5.97 Å². The van der Waals surface area contributed by atoms with E-state index in [0.29, 0.717) is 11.3 Å². The van der Waals surface area contributed by atoms with Crippen molar-refractivity contribution in [1.82, 2.24) is 0 Å². The first kappa shape index (κ1) is 25.4. The number of ether oxygens (including phenoxy) is 3. The molecule has 0 aromatic heterocycles. The monoisotopic (exact) mass is 488 g/mol. The number of aliphatic hydroxyl groups excluding tert-OH is 2. The molecule has 4 aliphatic carbocycles. The molecule has 0 radical (unpaired) electrons. The van der Waals surface area contributed by atoms with Gasteiger partial charge in [-0.2, -0.15) is 0 Å². The van der Waals surface area contributed by atoms with Crippen molar-refractivity contribution in [2.45, 2.75) is 116 Å². The van der Waals surface area contributed by atoms with E-state index < -0.39 is 36.7 Å². The lowest BCUT2D eigenvalue weighted by Crippen LogP contribution is -2.59. The van der Waals surface area contributed by atoms with Gasteiger partial charge in [0.05, 0.1) is 12.2 Å². The number of fused-ring (bicyclic) bond motifs is 5. The SMILES string of the molecule is C=C[C@H]1CCC2C3CC=C4C[C@@H](O[C@@H]5O[C@@H](C)[C@@H](OC(C)=O)[C@@H](O)[C@@H]5O)CC[C@]4(C)C3CC[C@@]21C. The predicted octanol–water partition coefficient (Wildman–Crippen LogP) is 4.53. The van der Waals surface area contributed by atoms with E-state index in [2.05, 4.69) is 32.6 Å². The molecule has 0 aromatic rings. The fraction of sp³-hybridized carbons (Fsp3) is 0.828. The van der Waals surface area contributed by atoms with Crippen molar-refractivity contribution in [3.8, 4) is 0 Å². The minimum absolute atomic E-state index is 0.0549. The van der Waals surface area contributed by atoms with Crippen molar-refractivity contribution in [3.63, 3.8) is 0 Å². The van der Waals surface area contributed by atoms with Gasteiger partial charge in [-0.05, 0) is 92.8 Å². The highest BCUT2D eigenvalue weighted by atomic mass is 16.7. The number of esters is 1. The summed E-state index contributed by atoms with van der Waals surface area (Å²) in [6.07, 6.45) is 9.04. The Balaban J connectivity index is 1.26. The molecule has 0 spiro atoms. The summed E-state index contributed by atoms with van der Waals surface area (Å²) in [5, 5.41) is 21.2. The standard InChI is InChI=1S/C29H44O6/c1-6-18-8-10-22-21-9-7-19-15-20(11-13-29(19,5)23(21)12-14-28(18,22)4)35-27-25(32)24(31)26(16(2)33-27)34-17(3)30/h6-7,16,18,20-27,31-32H,1,8-15H2,2-5H3/t16-,18-,20-,21?,22?,23?,24-,25-,26+,27-,28+,29-/m0/s1. The zero-order valence-electron chi connectivity index (χ0n) is 21.8. The van der Waals surface area contributed by atoms with Gasteiger partial charge in [0.25, 0.3) is 0 Å². The molecule has 5 rings (SSSR count). The van der Waals surface area contributed by atoms with Gasteiger partial charge in [-0.15, -0.1) is 6.58 Å². The van der Waals surface area contributed by atoms with E-state index in [4.69, 9.17) is 14.2 Å². The van der Waals surface area contributed by atoms with Crippen molar-refractivity contribution in [2.75, 3.05) is 0 Å². The van der Waals surface area contributed by atoms with E-state index in [1.807, 2.05) is 0 Å². The number of carbonyl (C=O) groups excluding carboxylic acids is 1. The van der Waals surface area contributed by atoms with Gasteiger partial charge in [-0.1, -0.05) is 31.6 Å². The first-order valence-corrected chi connectivity index (χ1v) is 13.7. The van der Waals surface area contributed by atoms with Crippen LogP contribution in [0.5, 0.6) is 0 Å². The lowest BCUT2D eigenvalue weighted by Gasteiger charge is -2.58. The first-order chi connectivity index (χ1) is 16.6. The van der Waals surface area contributed by atoms with E-state index in [1.165, 1.54) is 38.2 Å². The van der Waals surface area contributed by atoms with Gasteiger partial charge in [0.15, 0.2) is 12.4 Å². The van der Waals surface area contributed by atoms with E-state index in [-0.39, 0.29) is 11.5 Å². The summed E-state index contributed by atoms with van der Waals surface area (Å²) in [6, 6.07) is 0.